The highest BCUT2D eigenvalue weighted by molar-refractivity contribution is 5.70. The summed E-state index contributed by atoms with van der Waals surface area (Å²) in [5.74, 6) is 0.514. The van der Waals surface area contributed by atoms with Gasteiger partial charge in [-0.25, -0.2) is 4.79 Å². The summed E-state index contributed by atoms with van der Waals surface area (Å²) in [7, 11) is 0. The molecule has 0 radical (unpaired) electrons. The van der Waals surface area contributed by atoms with Gasteiger partial charge >= 0.3 is 6.09 Å². The molecule has 4 nitrogen and oxygen atoms in total. The van der Waals surface area contributed by atoms with E-state index < -0.39 is 12.2 Å². The first-order valence-electron chi connectivity index (χ1n) is 5.19. The second kappa shape index (κ2) is 5.51. The Bertz CT molecular complexity index is 354. The van der Waals surface area contributed by atoms with E-state index >= 15 is 0 Å². The van der Waals surface area contributed by atoms with Crippen LogP contribution in [0.15, 0.2) is 18.2 Å². The molecule has 1 rings (SSSR count). The number of carbonyl (C=O) groups excluding carboxylic acids is 1. The predicted octanol–water partition coefficient (Wildman–Crippen LogP) is 1.77. The molecule has 0 bridgehead atoms. The van der Waals surface area contributed by atoms with Gasteiger partial charge in [0.1, 0.15) is 5.75 Å². The predicted molar refractivity (Wildman–Crippen MR) is 61.6 cm³/mol. The molecule has 0 fully saturated rings. The molecule has 0 aromatic heterocycles. The van der Waals surface area contributed by atoms with E-state index in [0.29, 0.717) is 5.75 Å². The third kappa shape index (κ3) is 4.31. The first-order valence-corrected chi connectivity index (χ1v) is 5.19. The molecule has 1 aromatic carbocycles. The SMILES string of the molecule is Cc1cc(C)cc(OC(=O)NCC(C)O)c1. The van der Waals surface area contributed by atoms with Gasteiger partial charge in [-0.15, -0.1) is 0 Å². The van der Waals surface area contributed by atoms with Crippen molar-refractivity contribution in [3.8, 4) is 5.75 Å². The van der Waals surface area contributed by atoms with E-state index in [9.17, 15) is 4.79 Å². The fourth-order valence-corrected chi connectivity index (χ4v) is 1.37. The molecule has 0 saturated heterocycles. The van der Waals surface area contributed by atoms with Crippen molar-refractivity contribution >= 4 is 6.09 Å². The number of carbonyl (C=O) groups is 1. The Morgan fingerprint density at radius 3 is 2.44 bits per heavy atom. The van der Waals surface area contributed by atoms with Crippen molar-refractivity contribution in [3.63, 3.8) is 0 Å². The van der Waals surface area contributed by atoms with Crippen LogP contribution in [0.2, 0.25) is 0 Å². The van der Waals surface area contributed by atoms with Crippen molar-refractivity contribution in [2.45, 2.75) is 26.9 Å². The average Bonchev–Trinajstić information content (AvgIpc) is 2.12. The highest BCUT2D eigenvalue weighted by Gasteiger charge is 2.05. The van der Waals surface area contributed by atoms with Crippen LogP contribution in [-0.2, 0) is 0 Å². The smallest absolute Gasteiger partial charge is 0.410 e. The molecule has 0 aliphatic heterocycles. The number of ether oxygens (including phenoxy) is 1. The molecule has 2 N–H and O–H groups in total. The van der Waals surface area contributed by atoms with Crippen LogP contribution < -0.4 is 10.1 Å². The second-order valence-electron chi connectivity index (χ2n) is 3.94. The minimum atomic E-state index is -0.577. The Hall–Kier alpha value is -1.55. The Morgan fingerprint density at radius 2 is 1.94 bits per heavy atom. The third-order valence-electron chi connectivity index (χ3n) is 1.95. The van der Waals surface area contributed by atoms with Crippen LogP contribution in [0.25, 0.3) is 0 Å². The lowest BCUT2D eigenvalue weighted by molar-refractivity contribution is 0.172. The topological polar surface area (TPSA) is 58.6 Å². The van der Waals surface area contributed by atoms with Crippen LogP contribution in [-0.4, -0.2) is 23.8 Å². The van der Waals surface area contributed by atoms with Crippen LogP contribution in [0, 0.1) is 13.8 Å². The molecule has 0 aliphatic rings. The summed E-state index contributed by atoms with van der Waals surface area (Å²) >= 11 is 0. The molecule has 1 amide bonds. The molecule has 88 valence electrons. The second-order valence-corrected chi connectivity index (χ2v) is 3.94. The van der Waals surface area contributed by atoms with Crippen LogP contribution in [0.5, 0.6) is 5.75 Å². The normalized spacial score (nSPS) is 12.0. The van der Waals surface area contributed by atoms with Crippen molar-refractivity contribution in [2.75, 3.05) is 6.54 Å². The van der Waals surface area contributed by atoms with Gasteiger partial charge in [0, 0.05) is 6.54 Å². The average molecular weight is 223 g/mol. The van der Waals surface area contributed by atoms with Gasteiger partial charge in [-0.3, -0.25) is 0 Å². The lowest BCUT2D eigenvalue weighted by atomic mass is 10.1. The van der Waals surface area contributed by atoms with E-state index in [1.807, 2.05) is 19.9 Å². The quantitative estimate of drug-likeness (QED) is 0.821. The maximum Gasteiger partial charge on any atom is 0.412 e. The van der Waals surface area contributed by atoms with E-state index in [1.54, 1.807) is 19.1 Å². The molecule has 1 unspecified atom stereocenters. The standard InChI is InChI=1S/C12H17NO3/c1-8-4-9(2)6-11(5-8)16-12(15)13-7-10(3)14/h4-6,10,14H,7H2,1-3H3,(H,13,15). The van der Waals surface area contributed by atoms with Gasteiger partial charge in [-0.1, -0.05) is 6.07 Å². The molecule has 16 heavy (non-hydrogen) atoms. The Balaban J connectivity index is 2.56. The number of hydrogen-bond donors (Lipinski definition) is 2. The zero-order valence-electron chi connectivity index (χ0n) is 9.78. The van der Waals surface area contributed by atoms with Crippen molar-refractivity contribution in [2.24, 2.45) is 0 Å². The number of nitrogens with one attached hydrogen (secondary N) is 1. The summed E-state index contributed by atoms with van der Waals surface area (Å²) in [6.45, 7) is 5.65. The molecule has 0 aliphatic carbocycles. The Labute approximate surface area is 95.2 Å². The number of hydrogen-bond acceptors (Lipinski definition) is 3. The number of aliphatic hydroxyl groups is 1. The molecule has 4 heteroatoms. The third-order valence-corrected chi connectivity index (χ3v) is 1.95. The fraction of sp³-hybridized carbons (Fsp3) is 0.417. The van der Waals surface area contributed by atoms with E-state index in [-0.39, 0.29) is 6.54 Å². The molecule has 0 heterocycles. The molecule has 1 atom stereocenters. The van der Waals surface area contributed by atoms with Crippen LogP contribution >= 0.6 is 0 Å². The van der Waals surface area contributed by atoms with Gasteiger partial charge in [0.15, 0.2) is 0 Å². The van der Waals surface area contributed by atoms with Crippen molar-refractivity contribution in [3.05, 3.63) is 29.3 Å². The highest BCUT2D eigenvalue weighted by atomic mass is 16.6. The van der Waals surface area contributed by atoms with Crippen molar-refractivity contribution in [1.29, 1.82) is 0 Å². The number of benzene rings is 1. The molecule has 1 aromatic rings. The summed E-state index contributed by atoms with van der Waals surface area (Å²) in [4.78, 5) is 11.3. The van der Waals surface area contributed by atoms with E-state index in [0.717, 1.165) is 11.1 Å². The minimum Gasteiger partial charge on any atom is -0.410 e. The summed E-state index contributed by atoms with van der Waals surface area (Å²) in [5.41, 5.74) is 2.08. The summed E-state index contributed by atoms with van der Waals surface area (Å²) in [6, 6.07) is 5.57. The molecule has 0 spiro atoms. The van der Waals surface area contributed by atoms with Crippen molar-refractivity contribution in [1.82, 2.24) is 5.32 Å². The molecule has 0 saturated carbocycles. The van der Waals surface area contributed by atoms with Gasteiger partial charge in [0.05, 0.1) is 6.10 Å². The van der Waals surface area contributed by atoms with Gasteiger partial charge in [0.25, 0.3) is 0 Å². The lowest BCUT2D eigenvalue weighted by Crippen LogP contribution is -2.32. The van der Waals surface area contributed by atoms with Crippen LogP contribution in [0.3, 0.4) is 0 Å². The Kier molecular flexibility index (Phi) is 4.31. The van der Waals surface area contributed by atoms with E-state index in [4.69, 9.17) is 9.84 Å². The monoisotopic (exact) mass is 223 g/mol. The maximum atomic E-state index is 11.3. The lowest BCUT2D eigenvalue weighted by Gasteiger charge is -2.09. The van der Waals surface area contributed by atoms with E-state index in [1.165, 1.54) is 0 Å². The number of aryl methyl sites for hydroxylation is 2. The van der Waals surface area contributed by atoms with Gasteiger partial charge in [-0.2, -0.15) is 0 Å². The van der Waals surface area contributed by atoms with Gasteiger partial charge in [-0.05, 0) is 44.0 Å². The van der Waals surface area contributed by atoms with Gasteiger partial charge < -0.3 is 15.2 Å². The zero-order chi connectivity index (χ0) is 12.1. The summed E-state index contributed by atoms with van der Waals surface area (Å²) in [6.07, 6.45) is -1.13. The largest absolute Gasteiger partial charge is 0.412 e. The number of aliphatic hydroxyl groups excluding tert-OH is 1. The van der Waals surface area contributed by atoms with Crippen LogP contribution in [0.1, 0.15) is 18.1 Å². The summed E-state index contributed by atoms with van der Waals surface area (Å²) in [5, 5.41) is 11.4. The highest BCUT2D eigenvalue weighted by Crippen LogP contribution is 2.16. The summed E-state index contributed by atoms with van der Waals surface area (Å²) < 4.78 is 5.07. The van der Waals surface area contributed by atoms with E-state index in [2.05, 4.69) is 5.32 Å². The molecular weight excluding hydrogens is 206 g/mol. The molecular formula is C12H17NO3. The first kappa shape index (κ1) is 12.5. The fourth-order valence-electron chi connectivity index (χ4n) is 1.37. The van der Waals surface area contributed by atoms with Gasteiger partial charge in [0.2, 0.25) is 0 Å². The first-order chi connectivity index (χ1) is 7.47. The van der Waals surface area contributed by atoms with Crippen molar-refractivity contribution < 1.29 is 14.6 Å². The number of amides is 1. The maximum absolute atomic E-state index is 11.3. The minimum absolute atomic E-state index is 0.184. The van der Waals surface area contributed by atoms with Crippen LogP contribution in [0.4, 0.5) is 4.79 Å². The zero-order valence-corrected chi connectivity index (χ0v) is 9.78. The Morgan fingerprint density at radius 1 is 1.38 bits per heavy atom. The number of rotatable bonds is 3.